The molecule has 0 aromatic heterocycles. The van der Waals surface area contributed by atoms with Crippen molar-refractivity contribution in [3.8, 4) is 22.3 Å². The number of benzene rings is 4. The van der Waals surface area contributed by atoms with Gasteiger partial charge in [0, 0.05) is 0 Å². The second-order valence-corrected chi connectivity index (χ2v) is 9.95. The van der Waals surface area contributed by atoms with Crippen LogP contribution in [0.5, 0.6) is 0 Å². The Morgan fingerprint density at radius 2 is 1.14 bits per heavy atom. The molecule has 0 aliphatic heterocycles. The van der Waals surface area contributed by atoms with Gasteiger partial charge in [-0.1, -0.05) is 0 Å². The fraction of sp³-hybridized carbons (Fsp3) is 0.143. The Bertz CT molecular complexity index is 1250. The topological polar surface area (TPSA) is 0 Å². The van der Waals surface area contributed by atoms with E-state index in [1.54, 1.807) is 41.4 Å². The Hall–Kier alpha value is -2.24. The van der Waals surface area contributed by atoms with Crippen LogP contribution in [0.1, 0.15) is 37.0 Å². The molecule has 0 bridgehead atoms. The third-order valence-electron chi connectivity index (χ3n) is 6.63. The van der Waals surface area contributed by atoms with E-state index in [1.807, 2.05) is 0 Å². The van der Waals surface area contributed by atoms with Gasteiger partial charge in [-0.05, 0) is 0 Å². The van der Waals surface area contributed by atoms with Gasteiger partial charge in [0.1, 0.15) is 0 Å². The van der Waals surface area contributed by atoms with Crippen molar-refractivity contribution in [3.63, 3.8) is 0 Å². The first kappa shape index (κ1) is 17.6. The Morgan fingerprint density at radius 1 is 0.586 bits per heavy atom. The van der Waals surface area contributed by atoms with E-state index in [0.29, 0.717) is 3.63 Å². The first-order chi connectivity index (χ1) is 14.3. The summed E-state index contributed by atoms with van der Waals surface area (Å²) in [6.07, 6.45) is 3.32. The molecule has 29 heavy (non-hydrogen) atoms. The molecule has 2 aliphatic rings. The van der Waals surface area contributed by atoms with E-state index >= 15 is 0 Å². The van der Waals surface area contributed by atoms with Crippen LogP contribution in [0, 0.1) is 0 Å². The van der Waals surface area contributed by atoms with E-state index < -0.39 is 0 Å². The first-order valence-corrected chi connectivity index (χ1v) is 11.8. The molecule has 0 spiro atoms. The van der Waals surface area contributed by atoms with E-state index in [1.165, 1.54) is 38.9 Å². The van der Waals surface area contributed by atoms with Crippen molar-refractivity contribution < 1.29 is 24.7 Å². The van der Waals surface area contributed by atoms with Crippen LogP contribution in [-0.2, 0) is 44.0 Å². The zero-order valence-electron chi connectivity index (χ0n) is 16.3. The van der Waals surface area contributed by atoms with Gasteiger partial charge >= 0.3 is 188 Å². The maximum atomic E-state index is 2.38. The van der Waals surface area contributed by atoms with Crippen molar-refractivity contribution in [1.82, 2.24) is 0 Å². The molecule has 0 N–H and O–H groups in total. The van der Waals surface area contributed by atoms with E-state index in [9.17, 15) is 0 Å². The summed E-state index contributed by atoms with van der Waals surface area (Å²) < 4.78 is 0.599. The van der Waals surface area contributed by atoms with Crippen LogP contribution in [0.4, 0.5) is 0 Å². The van der Waals surface area contributed by atoms with Crippen LogP contribution in [0.2, 0.25) is 0 Å². The predicted octanol–water partition coefficient (Wildman–Crippen LogP) is 6.66. The molecule has 1 unspecified atom stereocenters. The average molecular weight is 449 g/mol. The van der Waals surface area contributed by atoms with Gasteiger partial charge in [-0.25, -0.2) is 0 Å². The van der Waals surface area contributed by atoms with E-state index in [4.69, 9.17) is 0 Å². The van der Waals surface area contributed by atoms with E-state index in [0.717, 1.165) is 19.3 Å². The number of rotatable bonds is 3. The summed E-state index contributed by atoms with van der Waals surface area (Å²) in [6.45, 7) is 0. The standard InChI is InChI=1S/C28H21.Zr/c1-3-11-23-21(7-1)17-27-19(9-5-13-25(23)27)15-16-20-10-6-14-26-24-12-4-2-8-22(24)18-28(20)26;/h1-15H,16-18H2;. The van der Waals surface area contributed by atoms with E-state index in [-0.39, 0.29) is 0 Å². The molecule has 137 valence electrons. The summed E-state index contributed by atoms with van der Waals surface area (Å²) in [5, 5.41) is 0. The molecule has 0 amide bonds. The number of fused-ring (bicyclic) bond motifs is 6. The Labute approximate surface area is 187 Å². The third-order valence-corrected chi connectivity index (χ3v) is 7.90. The molecule has 2 aliphatic carbocycles. The molecule has 0 saturated heterocycles. The number of hydrogen-bond acceptors (Lipinski definition) is 0. The van der Waals surface area contributed by atoms with Gasteiger partial charge in [0.05, 0.1) is 0 Å². The predicted molar refractivity (Wildman–Crippen MR) is 116 cm³/mol. The van der Waals surface area contributed by atoms with Crippen LogP contribution in [-0.4, -0.2) is 0 Å². The van der Waals surface area contributed by atoms with Gasteiger partial charge in [0.15, 0.2) is 0 Å². The van der Waals surface area contributed by atoms with Crippen molar-refractivity contribution in [2.75, 3.05) is 0 Å². The quantitative estimate of drug-likeness (QED) is 0.284. The van der Waals surface area contributed by atoms with Crippen molar-refractivity contribution in [2.24, 2.45) is 0 Å². The van der Waals surface area contributed by atoms with Crippen LogP contribution in [0.15, 0.2) is 84.9 Å². The second-order valence-electron chi connectivity index (χ2n) is 8.24. The Kier molecular flexibility index (Phi) is 4.20. The molecule has 0 nitrogen and oxygen atoms in total. The molecule has 1 atom stereocenters. The second kappa shape index (κ2) is 6.93. The Morgan fingerprint density at radius 3 is 1.86 bits per heavy atom. The van der Waals surface area contributed by atoms with Crippen molar-refractivity contribution >= 4 is 0 Å². The van der Waals surface area contributed by atoms with Gasteiger partial charge in [-0.15, -0.1) is 0 Å². The SMILES string of the molecule is [Zr][CH](Cc1cccc2c1Cc1ccccc1-2)c1cccc2c1Cc1ccccc1-2. The summed E-state index contributed by atoms with van der Waals surface area (Å²) in [4.78, 5) is 0. The zero-order valence-corrected chi connectivity index (χ0v) is 18.7. The van der Waals surface area contributed by atoms with Crippen LogP contribution in [0.3, 0.4) is 0 Å². The van der Waals surface area contributed by atoms with Gasteiger partial charge in [-0.2, -0.15) is 0 Å². The van der Waals surface area contributed by atoms with Gasteiger partial charge < -0.3 is 0 Å². The third kappa shape index (κ3) is 2.82. The van der Waals surface area contributed by atoms with E-state index in [2.05, 4.69) is 84.9 Å². The molecular weight excluding hydrogens is 428 g/mol. The van der Waals surface area contributed by atoms with Crippen molar-refractivity contribution in [3.05, 3.63) is 118 Å². The molecule has 0 saturated carbocycles. The van der Waals surface area contributed by atoms with Gasteiger partial charge in [0.2, 0.25) is 0 Å². The summed E-state index contributed by atoms with van der Waals surface area (Å²) in [7, 11) is 0. The summed E-state index contributed by atoms with van der Waals surface area (Å²) in [5.74, 6) is 0. The molecule has 6 rings (SSSR count). The van der Waals surface area contributed by atoms with Gasteiger partial charge in [-0.3, -0.25) is 0 Å². The number of hydrogen-bond donors (Lipinski definition) is 0. The molecule has 0 heterocycles. The van der Waals surface area contributed by atoms with Crippen molar-refractivity contribution in [2.45, 2.75) is 22.9 Å². The monoisotopic (exact) mass is 447 g/mol. The van der Waals surface area contributed by atoms with Crippen molar-refractivity contribution in [1.29, 1.82) is 0 Å². The molecule has 1 heteroatoms. The first-order valence-electron chi connectivity index (χ1n) is 10.4. The molecule has 0 fully saturated rings. The minimum atomic E-state index is 0.599. The Balaban J connectivity index is 1.36. The van der Waals surface area contributed by atoms with Crippen LogP contribution < -0.4 is 0 Å². The summed E-state index contributed by atoms with van der Waals surface area (Å²) in [6, 6.07) is 31.7. The normalized spacial score (nSPS) is 14.0. The molecule has 0 radical (unpaired) electrons. The summed E-state index contributed by atoms with van der Waals surface area (Å²) in [5.41, 5.74) is 14.9. The summed E-state index contributed by atoms with van der Waals surface area (Å²) >= 11 is 1.61. The van der Waals surface area contributed by atoms with Crippen LogP contribution in [0.25, 0.3) is 22.3 Å². The average Bonchev–Trinajstić information content (AvgIpc) is 3.32. The maximum absolute atomic E-state index is 2.38. The van der Waals surface area contributed by atoms with Gasteiger partial charge in [0.25, 0.3) is 0 Å². The molecular formula is C28H21Zr. The molecule has 4 aromatic rings. The zero-order chi connectivity index (χ0) is 19.4. The minimum absolute atomic E-state index is 0.599. The molecule has 4 aromatic carbocycles. The fourth-order valence-electron chi connectivity index (χ4n) is 5.25. The fourth-order valence-corrected chi connectivity index (χ4v) is 6.46. The van der Waals surface area contributed by atoms with Crippen LogP contribution >= 0.6 is 0 Å².